The summed E-state index contributed by atoms with van der Waals surface area (Å²) in [6, 6.07) is 16.8. The van der Waals surface area contributed by atoms with E-state index in [4.69, 9.17) is 16.3 Å². The van der Waals surface area contributed by atoms with Crippen molar-refractivity contribution in [2.45, 2.75) is 25.7 Å². The number of hydrogen-bond acceptors (Lipinski definition) is 4. The van der Waals surface area contributed by atoms with Gasteiger partial charge in [0.15, 0.2) is 6.61 Å². The second-order valence-electron chi connectivity index (χ2n) is 7.20. The van der Waals surface area contributed by atoms with Crippen LogP contribution < -0.4 is 14.8 Å². The molecule has 0 atom stereocenters. The van der Waals surface area contributed by atoms with Gasteiger partial charge in [-0.3, -0.25) is 9.52 Å². The molecule has 0 saturated carbocycles. The van der Waals surface area contributed by atoms with Crippen molar-refractivity contribution in [3.63, 3.8) is 0 Å². The van der Waals surface area contributed by atoms with Crippen LogP contribution in [0.15, 0.2) is 65.6 Å². The van der Waals surface area contributed by atoms with Crippen molar-refractivity contribution < 1.29 is 17.9 Å². The standard InChI is InChI=1S/C23H23ClN2O4S/c1-15-4-7-18(8-5-15)26-31(28,29)20-10-11-22(17(3)12-20)30-14-23(27)25-19-9-6-16(2)21(24)13-19/h4-13,26H,14H2,1-3H3,(H,25,27). The van der Waals surface area contributed by atoms with Gasteiger partial charge in [0.2, 0.25) is 0 Å². The van der Waals surface area contributed by atoms with Crippen LogP contribution in [-0.2, 0) is 14.8 Å². The number of aryl methyl sites for hydroxylation is 3. The monoisotopic (exact) mass is 458 g/mol. The molecule has 0 heterocycles. The van der Waals surface area contributed by atoms with E-state index >= 15 is 0 Å². The molecular formula is C23H23ClN2O4S. The van der Waals surface area contributed by atoms with E-state index < -0.39 is 10.0 Å². The second-order valence-corrected chi connectivity index (χ2v) is 9.29. The summed E-state index contributed by atoms with van der Waals surface area (Å²) in [4.78, 5) is 12.3. The van der Waals surface area contributed by atoms with Gasteiger partial charge < -0.3 is 10.1 Å². The molecule has 8 heteroatoms. The fourth-order valence-electron chi connectivity index (χ4n) is 2.80. The minimum atomic E-state index is -3.74. The zero-order valence-electron chi connectivity index (χ0n) is 17.4. The van der Waals surface area contributed by atoms with Gasteiger partial charge in [-0.15, -0.1) is 0 Å². The maximum Gasteiger partial charge on any atom is 0.262 e. The molecule has 0 aliphatic rings. The lowest BCUT2D eigenvalue weighted by atomic mass is 10.2. The summed E-state index contributed by atoms with van der Waals surface area (Å²) in [7, 11) is -3.74. The van der Waals surface area contributed by atoms with Crippen molar-refractivity contribution in [1.82, 2.24) is 0 Å². The lowest BCUT2D eigenvalue weighted by Crippen LogP contribution is -2.20. The number of benzene rings is 3. The molecule has 0 fully saturated rings. The largest absolute Gasteiger partial charge is 0.483 e. The van der Waals surface area contributed by atoms with E-state index in [-0.39, 0.29) is 17.4 Å². The van der Waals surface area contributed by atoms with Gasteiger partial charge >= 0.3 is 0 Å². The number of halogens is 1. The highest BCUT2D eigenvalue weighted by molar-refractivity contribution is 7.92. The van der Waals surface area contributed by atoms with Gasteiger partial charge in [-0.05, 0) is 74.4 Å². The lowest BCUT2D eigenvalue weighted by Gasteiger charge is -2.13. The Kier molecular flexibility index (Phi) is 6.87. The molecule has 0 aromatic heterocycles. The van der Waals surface area contributed by atoms with Gasteiger partial charge in [0.1, 0.15) is 5.75 Å². The highest BCUT2D eigenvalue weighted by Gasteiger charge is 2.16. The Bertz CT molecular complexity index is 1210. The second kappa shape index (κ2) is 9.41. The molecule has 6 nitrogen and oxygen atoms in total. The van der Waals surface area contributed by atoms with Crippen molar-refractivity contribution >= 4 is 38.9 Å². The smallest absolute Gasteiger partial charge is 0.262 e. The van der Waals surface area contributed by atoms with Crippen molar-refractivity contribution in [1.29, 1.82) is 0 Å². The number of rotatable bonds is 7. The Balaban J connectivity index is 1.64. The molecule has 2 N–H and O–H groups in total. The summed E-state index contributed by atoms with van der Waals surface area (Å²) in [6.07, 6.45) is 0. The molecule has 3 aromatic carbocycles. The number of carbonyl (C=O) groups excluding carboxylic acids is 1. The van der Waals surface area contributed by atoms with Crippen molar-refractivity contribution in [3.8, 4) is 5.75 Å². The maximum absolute atomic E-state index is 12.6. The summed E-state index contributed by atoms with van der Waals surface area (Å²) in [5, 5.41) is 3.27. The van der Waals surface area contributed by atoms with Gasteiger partial charge in [-0.25, -0.2) is 8.42 Å². The van der Waals surface area contributed by atoms with E-state index in [0.29, 0.717) is 27.7 Å². The predicted molar refractivity (Wildman–Crippen MR) is 123 cm³/mol. The Morgan fingerprint density at radius 2 is 1.58 bits per heavy atom. The molecular weight excluding hydrogens is 436 g/mol. The normalized spacial score (nSPS) is 11.1. The first-order valence-electron chi connectivity index (χ1n) is 9.53. The predicted octanol–water partition coefficient (Wildman–Crippen LogP) is 5.08. The van der Waals surface area contributed by atoms with Gasteiger partial charge in [-0.1, -0.05) is 35.4 Å². The highest BCUT2D eigenvalue weighted by atomic mass is 35.5. The van der Waals surface area contributed by atoms with Crippen molar-refractivity contribution in [2.75, 3.05) is 16.6 Å². The Labute approximate surface area is 187 Å². The highest BCUT2D eigenvalue weighted by Crippen LogP contribution is 2.24. The van der Waals surface area contributed by atoms with Crippen LogP contribution >= 0.6 is 11.6 Å². The molecule has 31 heavy (non-hydrogen) atoms. The summed E-state index contributed by atoms with van der Waals surface area (Å²) < 4.78 is 33.4. The van der Waals surface area contributed by atoms with Crippen LogP contribution in [0.4, 0.5) is 11.4 Å². The van der Waals surface area contributed by atoms with E-state index in [1.807, 2.05) is 32.0 Å². The zero-order valence-corrected chi connectivity index (χ0v) is 19.0. The Morgan fingerprint density at radius 3 is 2.23 bits per heavy atom. The van der Waals surface area contributed by atoms with Gasteiger partial charge in [0.05, 0.1) is 4.90 Å². The van der Waals surface area contributed by atoms with Gasteiger partial charge in [-0.2, -0.15) is 0 Å². The number of hydrogen-bond donors (Lipinski definition) is 2. The van der Waals surface area contributed by atoms with E-state index in [0.717, 1.165) is 11.1 Å². The van der Waals surface area contributed by atoms with Crippen molar-refractivity contribution in [3.05, 3.63) is 82.4 Å². The van der Waals surface area contributed by atoms with Crippen LogP contribution in [0.2, 0.25) is 5.02 Å². The first-order chi connectivity index (χ1) is 14.6. The molecule has 0 radical (unpaired) electrons. The van der Waals surface area contributed by atoms with Crippen LogP contribution in [0, 0.1) is 20.8 Å². The molecule has 0 unspecified atom stereocenters. The van der Waals surface area contributed by atoms with E-state index in [1.165, 1.54) is 18.2 Å². The fourth-order valence-corrected chi connectivity index (χ4v) is 4.12. The van der Waals surface area contributed by atoms with Crippen molar-refractivity contribution in [2.24, 2.45) is 0 Å². The number of nitrogens with one attached hydrogen (secondary N) is 2. The summed E-state index contributed by atoms with van der Waals surface area (Å²) in [5.74, 6) is 0.0726. The third kappa shape index (κ3) is 5.99. The number of ether oxygens (including phenoxy) is 1. The number of sulfonamides is 1. The molecule has 3 rings (SSSR count). The minimum Gasteiger partial charge on any atom is -0.483 e. The third-order valence-electron chi connectivity index (χ3n) is 4.57. The van der Waals surface area contributed by atoms with Crippen LogP contribution in [0.3, 0.4) is 0 Å². The Morgan fingerprint density at radius 1 is 0.903 bits per heavy atom. The molecule has 1 amide bonds. The molecule has 3 aromatic rings. The van der Waals surface area contributed by atoms with E-state index in [9.17, 15) is 13.2 Å². The molecule has 162 valence electrons. The van der Waals surface area contributed by atoms with Gasteiger partial charge in [0, 0.05) is 16.4 Å². The first kappa shape index (κ1) is 22.7. The van der Waals surface area contributed by atoms with Crippen LogP contribution in [-0.4, -0.2) is 20.9 Å². The quantitative estimate of drug-likeness (QED) is 0.516. The van der Waals surface area contributed by atoms with Gasteiger partial charge in [0.25, 0.3) is 15.9 Å². The molecule has 0 aliphatic carbocycles. The summed E-state index contributed by atoms with van der Waals surface area (Å²) >= 11 is 6.06. The maximum atomic E-state index is 12.6. The Hall–Kier alpha value is -3.03. The topological polar surface area (TPSA) is 84.5 Å². The third-order valence-corrected chi connectivity index (χ3v) is 6.36. The average Bonchev–Trinajstić information content (AvgIpc) is 2.71. The summed E-state index contributed by atoms with van der Waals surface area (Å²) in [6.45, 7) is 5.30. The molecule has 0 bridgehead atoms. The molecule has 0 aliphatic heterocycles. The number of anilines is 2. The number of amides is 1. The minimum absolute atomic E-state index is 0.108. The average molecular weight is 459 g/mol. The molecule has 0 saturated heterocycles. The van der Waals surface area contributed by atoms with Crippen LogP contribution in [0.5, 0.6) is 5.75 Å². The lowest BCUT2D eigenvalue weighted by molar-refractivity contribution is -0.118. The fraction of sp³-hybridized carbons (Fsp3) is 0.174. The summed E-state index contributed by atoms with van der Waals surface area (Å²) in [5.41, 5.74) is 3.60. The first-order valence-corrected chi connectivity index (χ1v) is 11.4. The van der Waals surface area contributed by atoms with Crippen LogP contribution in [0.1, 0.15) is 16.7 Å². The number of carbonyl (C=O) groups is 1. The molecule has 0 spiro atoms. The van der Waals surface area contributed by atoms with Crippen LogP contribution in [0.25, 0.3) is 0 Å². The van der Waals surface area contributed by atoms with E-state index in [1.54, 1.807) is 31.2 Å². The zero-order chi connectivity index (χ0) is 22.6. The SMILES string of the molecule is Cc1ccc(NS(=O)(=O)c2ccc(OCC(=O)Nc3ccc(C)c(Cl)c3)c(C)c2)cc1. The van der Waals surface area contributed by atoms with E-state index in [2.05, 4.69) is 10.0 Å².